The van der Waals surface area contributed by atoms with Crippen molar-refractivity contribution in [2.45, 2.75) is 26.7 Å². The summed E-state index contributed by atoms with van der Waals surface area (Å²) < 4.78 is 1.82. The molecule has 0 saturated carbocycles. The van der Waals surface area contributed by atoms with Gasteiger partial charge >= 0.3 is 0 Å². The maximum atomic E-state index is 12.1. The smallest absolute Gasteiger partial charge is 0.271 e. The largest absolute Gasteiger partial charge is 0.350 e. The van der Waals surface area contributed by atoms with Gasteiger partial charge in [0, 0.05) is 24.6 Å². The number of nitrogens with zero attached hydrogens (tertiary/aromatic N) is 3. The van der Waals surface area contributed by atoms with Crippen LogP contribution in [0.25, 0.3) is 5.69 Å². The van der Waals surface area contributed by atoms with Crippen LogP contribution in [-0.4, -0.2) is 32.4 Å². The van der Waals surface area contributed by atoms with Crippen LogP contribution in [-0.2, 0) is 12.8 Å². The molecule has 3 aromatic rings. The molecule has 0 atom stereocenters. The predicted molar refractivity (Wildman–Crippen MR) is 96.7 cm³/mol. The predicted octanol–water partition coefficient (Wildman–Crippen LogP) is 2.77. The van der Waals surface area contributed by atoms with Gasteiger partial charge in [-0.2, -0.15) is 10.2 Å². The molecule has 0 bridgehead atoms. The van der Waals surface area contributed by atoms with E-state index in [-0.39, 0.29) is 5.91 Å². The molecule has 0 unspecified atom stereocenters. The lowest BCUT2D eigenvalue weighted by Gasteiger charge is -2.05. The summed E-state index contributed by atoms with van der Waals surface area (Å²) in [4.78, 5) is 12.1. The van der Waals surface area contributed by atoms with Crippen LogP contribution in [0.3, 0.4) is 0 Å². The van der Waals surface area contributed by atoms with Crippen LogP contribution >= 0.6 is 0 Å². The quantitative estimate of drug-likeness (QED) is 0.696. The van der Waals surface area contributed by atoms with Crippen molar-refractivity contribution in [3.05, 3.63) is 65.7 Å². The lowest BCUT2D eigenvalue weighted by atomic mass is 10.1. The summed E-state index contributed by atoms with van der Waals surface area (Å²) in [6.07, 6.45) is 5.33. The Hall–Kier alpha value is -2.89. The second kappa shape index (κ2) is 7.79. The van der Waals surface area contributed by atoms with E-state index in [4.69, 9.17) is 0 Å². The van der Waals surface area contributed by atoms with E-state index in [2.05, 4.69) is 46.6 Å². The fourth-order valence-electron chi connectivity index (χ4n) is 2.67. The van der Waals surface area contributed by atoms with Crippen molar-refractivity contribution in [2.75, 3.05) is 6.54 Å². The van der Waals surface area contributed by atoms with Crippen molar-refractivity contribution in [1.82, 2.24) is 25.3 Å². The first-order valence-electron chi connectivity index (χ1n) is 8.53. The molecule has 25 heavy (non-hydrogen) atoms. The van der Waals surface area contributed by atoms with Gasteiger partial charge in [0.1, 0.15) is 5.69 Å². The molecule has 6 heteroatoms. The van der Waals surface area contributed by atoms with Crippen molar-refractivity contribution < 1.29 is 4.79 Å². The Balaban J connectivity index is 1.49. The van der Waals surface area contributed by atoms with Crippen LogP contribution in [0, 0.1) is 5.92 Å². The van der Waals surface area contributed by atoms with Gasteiger partial charge in [-0.15, -0.1) is 0 Å². The number of hydrogen-bond acceptors (Lipinski definition) is 3. The fraction of sp³-hybridized carbons (Fsp3) is 0.316. The van der Waals surface area contributed by atoms with E-state index >= 15 is 0 Å². The molecule has 3 rings (SSSR count). The van der Waals surface area contributed by atoms with Gasteiger partial charge in [-0.25, -0.2) is 4.68 Å². The molecule has 0 aliphatic carbocycles. The van der Waals surface area contributed by atoms with Crippen molar-refractivity contribution >= 4 is 5.91 Å². The van der Waals surface area contributed by atoms with Gasteiger partial charge in [0.2, 0.25) is 0 Å². The minimum atomic E-state index is -0.139. The van der Waals surface area contributed by atoms with Crippen molar-refractivity contribution in [3.8, 4) is 5.69 Å². The van der Waals surface area contributed by atoms with Crippen LogP contribution in [0.1, 0.15) is 35.6 Å². The van der Waals surface area contributed by atoms with E-state index in [0.29, 0.717) is 18.2 Å². The monoisotopic (exact) mass is 337 g/mol. The molecule has 2 N–H and O–H groups in total. The molecule has 0 spiro atoms. The van der Waals surface area contributed by atoms with Gasteiger partial charge in [0.25, 0.3) is 5.91 Å². The first kappa shape index (κ1) is 17.0. The van der Waals surface area contributed by atoms with E-state index in [0.717, 1.165) is 24.2 Å². The van der Waals surface area contributed by atoms with Crippen molar-refractivity contribution in [3.63, 3.8) is 0 Å². The van der Waals surface area contributed by atoms with Gasteiger partial charge < -0.3 is 5.32 Å². The Morgan fingerprint density at radius 3 is 2.76 bits per heavy atom. The minimum absolute atomic E-state index is 0.139. The van der Waals surface area contributed by atoms with E-state index in [9.17, 15) is 4.79 Å². The van der Waals surface area contributed by atoms with E-state index in [1.807, 2.05) is 35.1 Å². The Morgan fingerprint density at radius 2 is 2.08 bits per heavy atom. The molecule has 2 heterocycles. The first-order chi connectivity index (χ1) is 12.1. The number of amides is 1. The first-order valence-corrected chi connectivity index (χ1v) is 8.53. The molecule has 6 nitrogen and oxygen atoms in total. The molecule has 0 aliphatic rings. The average molecular weight is 337 g/mol. The molecule has 1 amide bonds. The number of rotatable bonds is 7. The second-order valence-electron chi connectivity index (χ2n) is 6.50. The van der Waals surface area contributed by atoms with Gasteiger partial charge in [0.15, 0.2) is 0 Å². The lowest BCUT2D eigenvalue weighted by molar-refractivity contribution is 0.0949. The highest BCUT2D eigenvalue weighted by atomic mass is 16.1. The number of aromatic nitrogens is 4. The summed E-state index contributed by atoms with van der Waals surface area (Å²) in [6, 6.07) is 11.9. The van der Waals surface area contributed by atoms with E-state index in [1.165, 1.54) is 5.56 Å². The zero-order valence-corrected chi connectivity index (χ0v) is 14.6. The Kier molecular flexibility index (Phi) is 5.28. The van der Waals surface area contributed by atoms with E-state index in [1.54, 1.807) is 6.20 Å². The van der Waals surface area contributed by atoms with Gasteiger partial charge in [-0.05, 0) is 48.6 Å². The standard InChI is InChI=1S/C19H23N5O/c1-14(2)12-16-13-18(23-22-16)19(25)20-10-8-15-4-6-17(7-5-15)24-11-3-9-21-24/h3-7,9,11,13-14H,8,10,12H2,1-2H3,(H,20,25)(H,22,23). The third-order valence-electron chi connectivity index (χ3n) is 3.90. The molecule has 130 valence electrons. The fourth-order valence-corrected chi connectivity index (χ4v) is 2.67. The topological polar surface area (TPSA) is 75.6 Å². The summed E-state index contributed by atoms with van der Waals surface area (Å²) in [5.74, 6) is 0.389. The van der Waals surface area contributed by atoms with Crippen LogP contribution in [0.4, 0.5) is 0 Å². The molecule has 0 saturated heterocycles. The maximum Gasteiger partial charge on any atom is 0.271 e. The molecule has 0 aliphatic heterocycles. The molecule has 0 fully saturated rings. The minimum Gasteiger partial charge on any atom is -0.350 e. The van der Waals surface area contributed by atoms with Crippen molar-refractivity contribution in [1.29, 1.82) is 0 Å². The number of H-pyrrole nitrogens is 1. The third kappa shape index (κ3) is 4.56. The number of hydrogen-bond donors (Lipinski definition) is 2. The Morgan fingerprint density at radius 1 is 1.28 bits per heavy atom. The van der Waals surface area contributed by atoms with Gasteiger partial charge in [-0.1, -0.05) is 26.0 Å². The lowest BCUT2D eigenvalue weighted by Crippen LogP contribution is -2.26. The van der Waals surface area contributed by atoms with Crippen LogP contribution < -0.4 is 5.32 Å². The summed E-state index contributed by atoms with van der Waals surface area (Å²) >= 11 is 0. The maximum absolute atomic E-state index is 12.1. The number of carbonyl (C=O) groups excluding carboxylic acids is 1. The van der Waals surface area contributed by atoms with Crippen LogP contribution in [0.5, 0.6) is 0 Å². The molecule has 1 aromatic carbocycles. The number of nitrogens with one attached hydrogen (secondary N) is 2. The highest BCUT2D eigenvalue weighted by Crippen LogP contribution is 2.09. The SMILES string of the molecule is CC(C)Cc1cc(C(=O)NCCc2ccc(-n3cccn3)cc2)n[nH]1. The Bertz CT molecular complexity index is 803. The molecular formula is C19H23N5O. The third-order valence-corrected chi connectivity index (χ3v) is 3.90. The second-order valence-corrected chi connectivity index (χ2v) is 6.50. The molecule has 2 aromatic heterocycles. The summed E-state index contributed by atoms with van der Waals surface area (Å²) in [7, 11) is 0. The summed E-state index contributed by atoms with van der Waals surface area (Å²) in [5, 5.41) is 14.1. The van der Waals surface area contributed by atoms with Gasteiger partial charge in [-0.3, -0.25) is 9.89 Å². The number of aromatic amines is 1. The van der Waals surface area contributed by atoms with E-state index < -0.39 is 0 Å². The molecular weight excluding hydrogens is 314 g/mol. The average Bonchev–Trinajstić information content (AvgIpc) is 3.26. The van der Waals surface area contributed by atoms with Crippen molar-refractivity contribution in [2.24, 2.45) is 5.92 Å². The normalized spacial score (nSPS) is 11.0. The highest BCUT2D eigenvalue weighted by Gasteiger charge is 2.10. The summed E-state index contributed by atoms with van der Waals surface area (Å²) in [5.41, 5.74) is 3.63. The zero-order valence-electron chi connectivity index (χ0n) is 14.6. The zero-order chi connectivity index (χ0) is 17.6. The summed E-state index contributed by atoms with van der Waals surface area (Å²) in [6.45, 7) is 4.85. The number of carbonyl (C=O) groups is 1. The molecule has 0 radical (unpaired) electrons. The van der Waals surface area contributed by atoms with Crippen LogP contribution in [0.15, 0.2) is 48.8 Å². The van der Waals surface area contributed by atoms with Crippen LogP contribution in [0.2, 0.25) is 0 Å². The highest BCUT2D eigenvalue weighted by molar-refractivity contribution is 5.92. The number of benzene rings is 1. The van der Waals surface area contributed by atoms with Gasteiger partial charge in [0.05, 0.1) is 5.69 Å². The Labute approximate surface area is 147 Å².